The van der Waals surface area contributed by atoms with Gasteiger partial charge in [-0.1, -0.05) is 5.21 Å². The van der Waals surface area contributed by atoms with Gasteiger partial charge in [0, 0.05) is 24.5 Å². The maximum Gasteiger partial charge on any atom is 0.294 e. The molecule has 0 saturated carbocycles. The number of anilines is 1. The number of hydrogen-bond acceptors (Lipinski definition) is 7. The number of nitrogens with one attached hydrogen (secondary N) is 1. The molecule has 0 fully saturated rings. The van der Waals surface area contributed by atoms with Crippen molar-refractivity contribution in [1.82, 2.24) is 29.6 Å². The van der Waals surface area contributed by atoms with Crippen molar-refractivity contribution < 1.29 is 13.9 Å². The number of alkyl halides is 2. The van der Waals surface area contributed by atoms with Crippen molar-refractivity contribution >= 4 is 11.2 Å². The summed E-state index contributed by atoms with van der Waals surface area (Å²) in [6.45, 7) is 1.29. The second kappa shape index (κ2) is 7.65. The van der Waals surface area contributed by atoms with E-state index in [-0.39, 0.29) is 0 Å². The van der Waals surface area contributed by atoms with Gasteiger partial charge in [-0.3, -0.25) is 4.98 Å². The molecule has 164 valence electrons. The van der Waals surface area contributed by atoms with E-state index in [0.717, 1.165) is 29.7 Å². The summed E-state index contributed by atoms with van der Waals surface area (Å²) < 4.78 is 31.0. The lowest BCUT2D eigenvalue weighted by Gasteiger charge is -2.28. The van der Waals surface area contributed by atoms with Gasteiger partial charge in [-0.2, -0.15) is 10.4 Å². The quantitative estimate of drug-likeness (QED) is 0.475. The first-order valence-corrected chi connectivity index (χ1v) is 9.70. The lowest BCUT2D eigenvalue weighted by atomic mass is 10.0. The van der Waals surface area contributed by atoms with Crippen LogP contribution in [0.15, 0.2) is 42.9 Å². The summed E-state index contributed by atoms with van der Waals surface area (Å²) in [4.78, 5) is 4.49. The number of pyridine rings is 1. The van der Waals surface area contributed by atoms with Crippen LogP contribution in [0.25, 0.3) is 28.2 Å². The van der Waals surface area contributed by atoms with Gasteiger partial charge >= 0.3 is 0 Å². The molecular weight excluding hydrogens is 418 g/mol. The van der Waals surface area contributed by atoms with Crippen LogP contribution >= 0.6 is 0 Å². The Balaban J connectivity index is 1.67. The lowest BCUT2D eigenvalue weighted by Crippen LogP contribution is -2.45. The molecule has 0 aliphatic heterocycles. The molecule has 0 atom stereocenters. The molecule has 4 heterocycles. The molecular formula is C21H20F2N8O. The van der Waals surface area contributed by atoms with Crippen LogP contribution in [0.1, 0.15) is 19.4 Å². The summed E-state index contributed by atoms with van der Waals surface area (Å²) in [5.74, 6) is -3.39. The molecule has 0 aliphatic rings. The Morgan fingerprint density at radius 2 is 1.97 bits per heavy atom. The molecule has 0 unspecified atom stereocenters. The smallest absolute Gasteiger partial charge is 0.294 e. The maximum absolute atomic E-state index is 14.2. The molecule has 0 aliphatic carbocycles. The van der Waals surface area contributed by atoms with Gasteiger partial charge in [-0.15, -0.1) is 5.10 Å². The van der Waals surface area contributed by atoms with Crippen molar-refractivity contribution in [1.29, 1.82) is 5.26 Å². The average Bonchev–Trinajstić information content (AvgIpc) is 3.38. The molecule has 0 aromatic carbocycles. The molecule has 0 saturated heterocycles. The number of halogens is 2. The van der Waals surface area contributed by atoms with E-state index in [9.17, 15) is 13.9 Å². The van der Waals surface area contributed by atoms with Gasteiger partial charge in [0.05, 0.1) is 34.9 Å². The Morgan fingerprint density at radius 3 is 2.66 bits per heavy atom. The number of aliphatic hydroxyl groups is 1. The van der Waals surface area contributed by atoms with Gasteiger partial charge < -0.3 is 10.4 Å². The number of aromatic nitrogens is 6. The van der Waals surface area contributed by atoms with E-state index in [1.807, 2.05) is 12.1 Å². The Kier molecular flexibility index (Phi) is 5.10. The Labute approximate surface area is 181 Å². The van der Waals surface area contributed by atoms with Crippen LogP contribution in [-0.4, -0.2) is 53.3 Å². The minimum absolute atomic E-state index is 0.358. The molecule has 9 nitrogen and oxygen atoms in total. The zero-order chi connectivity index (χ0) is 23.1. The van der Waals surface area contributed by atoms with Crippen LogP contribution in [0, 0.1) is 11.3 Å². The van der Waals surface area contributed by atoms with E-state index in [4.69, 9.17) is 5.26 Å². The van der Waals surface area contributed by atoms with E-state index in [2.05, 4.69) is 31.8 Å². The summed E-state index contributed by atoms with van der Waals surface area (Å²) in [5.41, 5.74) is 1.97. The van der Waals surface area contributed by atoms with Crippen molar-refractivity contribution in [2.24, 2.45) is 0 Å². The van der Waals surface area contributed by atoms with Gasteiger partial charge in [0.1, 0.15) is 23.9 Å². The Bertz CT molecular complexity index is 1330. The van der Waals surface area contributed by atoms with Crippen molar-refractivity contribution in [3.05, 3.63) is 48.4 Å². The predicted molar refractivity (Wildman–Crippen MR) is 113 cm³/mol. The molecule has 0 radical (unpaired) electrons. The van der Waals surface area contributed by atoms with Crippen molar-refractivity contribution in [2.45, 2.75) is 31.9 Å². The fraction of sp³-hybridized carbons (Fsp3) is 0.286. The highest BCUT2D eigenvalue weighted by molar-refractivity contribution is 5.78. The number of rotatable bonds is 6. The molecule has 0 spiro atoms. The topological polar surface area (TPSA) is 117 Å². The summed E-state index contributed by atoms with van der Waals surface area (Å²) in [5, 5.41) is 33.9. The maximum atomic E-state index is 14.2. The van der Waals surface area contributed by atoms with E-state index in [0.29, 0.717) is 28.2 Å². The van der Waals surface area contributed by atoms with Gasteiger partial charge in [0.2, 0.25) is 0 Å². The Morgan fingerprint density at radius 1 is 1.19 bits per heavy atom. The van der Waals surface area contributed by atoms with E-state index < -0.39 is 18.1 Å². The summed E-state index contributed by atoms with van der Waals surface area (Å²) in [6.07, 6.45) is 4.44. The van der Waals surface area contributed by atoms with Crippen molar-refractivity contribution in [2.75, 3.05) is 12.4 Å². The van der Waals surface area contributed by atoms with Crippen LogP contribution in [0.5, 0.6) is 0 Å². The molecule has 0 amide bonds. The van der Waals surface area contributed by atoms with Crippen LogP contribution in [-0.2, 0) is 6.54 Å². The highest BCUT2D eigenvalue weighted by atomic mass is 19.3. The van der Waals surface area contributed by atoms with Crippen molar-refractivity contribution in [3.8, 4) is 28.7 Å². The van der Waals surface area contributed by atoms with E-state index >= 15 is 0 Å². The third-order valence-corrected chi connectivity index (χ3v) is 5.14. The van der Waals surface area contributed by atoms with Crippen LogP contribution in [0.4, 0.5) is 14.5 Å². The number of nitriles is 1. The highest BCUT2D eigenvalue weighted by Gasteiger charge is 2.46. The molecule has 0 bridgehead atoms. The number of fused-ring (bicyclic) bond motifs is 1. The lowest BCUT2D eigenvalue weighted by molar-refractivity contribution is -0.171. The first kappa shape index (κ1) is 21.3. The average molecular weight is 438 g/mol. The second-order valence-electron chi connectivity index (χ2n) is 7.84. The van der Waals surface area contributed by atoms with E-state index in [1.54, 1.807) is 29.9 Å². The van der Waals surface area contributed by atoms with Gasteiger partial charge in [-0.05, 0) is 38.1 Å². The van der Waals surface area contributed by atoms with Crippen LogP contribution < -0.4 is 5.32 Å². The first-order valence-electron chi connectivity index (χ1n) is 9.70. The third kappa shape index (κ3) is 3.76. The minimum atomic E-state index is -3.39. The summed E-state index contributed by atoms with van der Waals surface area (Å²) in [6, 6.07) is 9.27. The standard InChI is InChI=1S/C21H20F2N8O/c1-20(2,32)21(22,23)12-30-11-18(28-29-30)15-10-26-17(7-16(15)25-3)19-5-4-14-6-13(8-24)9-27-31(14)19/h4-7,9-11,32H,12H2,1-3H3,(H,25,26). The van der Waals surface area contributed by atoms with Crippen LogP contribution in [0.3, 0.4) is 0 Å². The van der Waals surface area contributed by atoms with E-state index in [1.165, 1.54) is 12.4 Å². The largest absolute Gasteiger partial charge is 0.387 e. The van der Waals surface area contributed by atoms with Gasteiger partial charge in [0.25, 0.3) is 5.92 Å². The zero-order valence-electron chi connectivity index (χ0n) is 17.6. The van der Waals surface area contributed by atoms with Crippen LogP contribution in [0.2, 0.25) is 0 Å². The third-order valence-electron chi connectivity index (χ3n) is 5.14. The molecule has 32 heavy (non-hydrogen) atoms. The first-order chi connectivity index (χ1) is 15.1. The monoisotopic (exact) mass is 438 g/mol. The molecule has 2 N–H and O–H groups in total. The number of nitrogens with zero attached hydrogens (tertiary/aromatic N) is 7. The fourth-order valence-electron chi connectivity index (χ4n) is 3.16. The SMILES string of the molecule is CNc1cc(-c2ccc3cc(C#N)cnn23)ncc1-c1cn(CC(F)(F)C(C)(C)O)nn1. The molecule has 4 aromatic rings. The minimum Gasteiger partial charge on any atom is -0.387 e. The molecule has 4 rings (SSSR count). The van der Waals surface area contributed by atoms with Gasteiger partial charge in [0.15, 0.2) is 0 Å². The summed E-state index contributed by atoms with van der Waals surface area (Å²) >= 11 is 0. The Hall–Kier alpha value is -3.91. The highest BCUT2D eigenvalue weighted by Crippen LogP contribution is 2.32. The molecule has 4 aromatic heterocycles. The summed E-state index contributed by atoms with van der Waals surface area (Å²) in [7, 11) is 1.73. The number of hydrogen-bond donors (Lipinski definition) is 2. The zero-order valence-corrected chi connectivity index (χ0v) is 17.6. The normalized spacial score (nSPS) is 12.2. The fourth-order valence-corrected chi connectivity index (χ4v) is 3.16. The van der Waals surface area contributed by atoms with Crippen molar-refractivity contribution in [3.63, 3.8) is 0 Å². The molecule has 11 heteroatoms. The van der Waals surface area contributed by atoms with Gasteiger partial charge in [-0.25, -0.2) is 18.0 Å². The second-order valence-corrected chi connectivity index (χ2v) is 7.84. The predicted octanol–water partition coefficient (Wildman–Crippen LogP) is 2.97.